The fourth-order valence-electron chi connectivity index (χ4n) is 1.71. The second kappa shape index (κ2) is 8.29. The Kier molecular flexibility index (Phi) is 6.38. The highest BCUT2D eigenvalue weighted by molar-refractivity contribution is 9.10. The minimum atomic E-state index is -0.608. The van der Waals surface area contributed by atoms with Gasteiger partial charge in [-0.05, 0) is 36.4 Å². The maximum atomic E-state index is 11.8. The molecule has 0 aliphatic carbocycles. The van der Waals surface area contributed by atoms with Crippen molar-refractivity contribution in [3.05, 3.63) is 55.7 Å². The Labute approximate surface area is 150 Å². The summed E-state index contributed by atoms with van der Waals surface area (Å²) in [5.41, 5.74) is 0.718. The number of ketones is 1. The van der Waals surface area contributed by atoms with Crippen molar-refractivity contribution in [2.45, 2.75) is 0 Å². The van der Waals surface area contributed by atoms with Crippen LogP contribution in [-0.2, 0) is 9.53 Å². The number of Topliss-reactive ketones (excluding diaryl/α,β-unsaturated/α-hetero) is 1. The van der Waals surface area contributed by atoms with Crippen LogP contribution in [0.25, 0.3) is 6.08 Å². The lowest BCUT2D eigenvalue weighted by Crippen LogP contribution is -2.11. The van der Waals surface area contributed by atoms with E-state index in [4.69, 9.17) is 21.1 Å². The number of hydrogen-bond donors (Lipinski definition) is 0. The minimum Gasteiger partial charge on any atom is -0.496 e. The van der Waals surface area contributed by atoms with E-state index in [1.54, 1.807) is 37.5 Å². The Morgan fingerprint density at radius 3 is 2.74 bits per heavy atom. The summed E-state index contributed by atoms with van der Waals surface area (Å²) in [6.07, 6.45) is 2.82. The number of benzene rings is 1. The topological polar surface area (TPSA) is 52.6 Å². The highest BCUT2D eigenvalue weighted by Crippen LogP contribution is 2.24. The van der Waals surface area contributed by atoms with Gasteiger partial charge in [-0.2, -0.15) is 0 Å². The van der Waals surface area contributed by atoms with E-state index < -0.39 is 5.97 Å². The van der Waals surface area contributed by atoms with Gasteiger partial charge in [0.2, 0.25) is 5.78 Å². The Balaban J connectivity index is 1.94. The molecule has 0 aliphatic rings. The number of rotatable bonds is 6. The number of halogens is 2. The highest BCUT2D eigenvalue weighted by Gasteiger charge is 2.11. The van der Waals surface area contributed by atoms with Crippen LogP contribution in [-0.4, -0.2) is 25.5 Å². The molecule has 4 nitrogen and oxygen atoms in total. The summed E-state index contributed by atoms with van der Waals surface area (Å²) in [5.74, 6) is -0.270. The van der Waals surface area contributed by atoms with Gasteiger partial charge in [-0.3, -0.25) is 4.79 Å². The third kappa shape index (κ3) is 5.20. The van der Waals surface area contributed by atoms with Gasteiger partial charge in [-0.15, -0.1) is 11.3 Å². The first-order valence-electron chi connectivity index (χ1n) is 6.46. The van der Waals surface area contributed by atoms with E-state index in [1.807, 2.05) is 6.07 Å². The normalized spacial score (nSPS) is 10.7. The summed E-state index contributed by atoms with van der Waals surface area (Å²) in [6.45, 7) is -0.324. The Morgan fingerprint density at radius 1 is 1.30 bits per heavy atom. The van der Waals surface area contributed by atoms with Crippen molar-refractivity contribution in [3.63, 3.8) is 0 Å². The van der Waals surface area contributed by atoms with Crippen LogP contribution in [0.15, 0.2) is 40.9 Å². The Bertz CT molecular complexity index is 754. The quantitative estimate of drug-likeness (QED) is 0.393. The second-order valence-corrected chi connectivity index (χ2v) is 6.99. The molecule has 0 fully saturated rings. The largest absolute Gasteiger partial charge is 0.496 e. The van der Waals surface area contributed by atoms with Crippen LogP contribution in [0.4, 0.5) is 0 Å². The van der Waals surface area contributed by atoms with E-state index in [0.717, 1.165) is 21.4 Å². The van der Waals surface area contributed by atoms with E-state index in [-0.39, 0.29) is 12.4 Å². The molecule has 2 aromatic rings. The van der Waals surface area contributed by atoms with Gasteiger partial charge in [0.05, 0.1) is 16.3 Å². The Hall–Kier alpha value is -1.63. The molecule has 0 unspecified atom stereocenters. The summed E-state index contributed by atoms with van der Waals surface area (Å²) >= 11 is 10.3. The molecular weight excluding hydrogens is 404 g/mol. The van der Waals surface area contributed by atoms with E-state index in [2.05, 4.69) is 15.9 Å². The molecule has 0 atom stereocenters. The lowest BCUT2D eigenvalue weighted by molar-refractivity contribution is -0.136. The number of methoxy groups -OCH3 is 1. The van der Waals surface area contributed by atoms with Gasteiger partial charge in [0, 0.05) is 16.1 Å². The zero-order chi connectivity index (χ0) is 16.8. The fourth-order valence-corrected chi connectivity index (χ4v) is 3.06. The van der Waals surface area contributed by atoms with Crippen molar-refractivity contribution in [3.8, 4) is 5.75 Å². The predicted molar refractivity (Wildman–Crippen MR) is 94.3 cm³/mol. The predicted octanol–water partition coefficient (Wildman–Crippen LogP) is 4.61. The van der Waals surface area contributed by atoms with E-state index in [0.29, 0.717) is 15.0 Å². The third-order valence-corrected chi connectivity index (χ3v) is 4.55. The molecule has 1 aromatic carbocycles. The lowest BCUT2D eigenvalue weighted by Gasteiger charge is -2.05. The first-order chi connectivity index (χ1) is 11.0. The number of esters is 1. The SMILES string of the molecule is COc1ccc(Br)cc1/C=C/C(=O)OCC(=O)c1ccc(Cl)s1. The van der Waals surface area contributed by atoms with Crippen molar-refractivity contribution >= 4 is 56.7 Å². The molecule has 0 amide bonds. The molecule has 0 bridgehead atoms. The van der Waals surface area contributed by atoms with Crippen LogP contribution in [0, 0.1) is 0 Å². The van der Waals surface area contributed by atoms with Crippen LogP contribution < -0.4 is 4.74 Å². The molecule has 2 rings (SSSR count). The molecule has 0 aliphatic heterocycles. The van der Waals surface area contributed by atoms with Gasteiger partial charge < -0.3 is 9.47 Å². The highest BCUT2D eigenvalue weighted by atomic mass is 79.9. The molecule has 0 spiro atoms. The zero-order valence-corrected chi connectivity index (χ0v) is 15.2. The van der Waals surface area contributed by atoms with Gasteiger partial charge in [0.15, 0.2) is 6.61 Å². The summed E-state index contributed by atoms with van der Waals surface area (Å²) in [7, 11) is 1.55. The van der Waals surface area contributed by atoms with Crippen LogP contribution in [0.3, 0.4) is 0 Å². The van der Waals surface area contributed by atoms with E-state index in [1.165, 1.54) is 6.08 Å². The number of hydrogen-bond acceptors (Lipinski definition) is 5. The maximum Gasteiger partial charge on any atom is 0.331 e. The smallest absolute Gasteiger partial charge is 0.331 e. The number of carbonyl (C=O) groups is 2. The third-order valence-electron chi connectivity index (χ3n) is 2.78. The van der Waals surface area contributed by atoms with Crippen molar-refractivity contribution < 1.29 is 19.1 Å². The van der Waals surface area contributed by atoms with Crippen LogP contribution >= 0.6 is 38.9 Å². The first kappa shape index (κ1) is 17.7. The minimum absolute atomic E-state index is 0.288. The van der Waals surface area contributed by atoms with Gasteiger partial charge in [-0.1, -0.05) is 27.5 Å². The van der Waals surface area contributed by atoms with Gasteiger partial charge in [0.1, 0.15) is 5.75 Å². The summed E-state index contributed by atoms with van der Waals surface area (Å²) in [4.78, 5) is 24.0. The van der Waals surface area contributed by atoms with Crippen LogP contribution in [0.1, 0.15) is 15.2 Å². The van der Waals surface area contributed by atoms with Gasteiger partial charge in [0.25, 0.3) is 0 Å². The standard InChI is InChI=1S/C16H12BrClO4S/c1-21-13-4-3-11(17)8-10(13)2-7-16(20)22-9-12(19)14-5-6-15(18)23-14/h2-8H,9H2,1H3/b7-2+. The molecule has 0 saturated carbocycles. The lowest BCUT2D eigenvalue weighted by atomic mass is 10.2. The molecule has 120 valence electrons. The van der Waals surface area contributed by atoms with Crippen molar-refractivity contribution in [2.75, 3.05) is 13.7 Å². The molecule has 0 radical (unpaired) electrons. The second-order valence-electron chi connectivity index (χ2n) is 4.35. The molecule has 0 N–H and O–H groups in total. The average Bonchev–Trinajstić information content (AvgIpc) is 2.97. The maximum absolute atomic E-state index is 11.8. The van der Waals surface area contributed by atoms with Gasteiger partial charge in [-0.25, -0.2) is 4.79 Å². The van der Waals surface area contributed by atoms with Crippen LogP contribution in [0.2, 0.25) is 4.34 Å². The zero-order valence-electron chi connectivity index (χ0n) is 12.0. The van der Waals surface area contributed by atoms with Crippen molar-refractivity contribution in [2.24, 2.45) is 0 Å². The number of ether oxygens (including phenoxy) is 2. The van der Waals surface area contributed by atoms with Crippen LogP contribution in [0.5, 0.6) is 5.75 Å². The molecular formula is C16H12BrClO4S. The summed E-state index contributed by atoms with van der Waals surface area (Å²) in [6, 6.07) is 8.64. The monoisotopic (exact) mass is 414 g/mol. The Morgan fingerprint density at radius 2 is 2.09 bits per heavy atom. The summed E-state index contributed by atoms with van der Waals surface area (Å²) < 4.78 is 11.5. The van der Waals surface area contributed by atoms with E-state index >= 15 is 0 Å². The fraction of sp³-hybridized carbons (Fsp3) is 0.125. The van der Waals surface area contributed by atoms with Crippen molar-refractivity contribution in [1.82, 2.24) is 0 Å². The first-order valence-corrected chi connectivity index (χ1v) is 8.45. The summed E-state index contributed by atoms with van der Waals surface area (Å²) in [5, 5.41) is 0. The molecule has 0 saturated heterocycles. The van der Waals surface area contributed by atoms with Gasteiger partial charge >= 0.3 is 5.97 Å². The average molecular weight is 416 g/mol. The molecule has 23 heavy (non-hydrogen) atoms. The molecule has 1 aromatic heterocycles. The molecule has 1 heterocycles. The number of carbonyl (C=O) groups excluding carboxylic acids is 2. The van der Waals surface area contributed by atoms with Crippen molar-refractivity contribution in [1.29, 1.82) is 0 Å². The number of thiophene rings is 1. The molecule has 7 heteroatoms. The van der Waals surface area contributed by atoms with E-state index in [9.17, 15) is 9.59 Å².